The summed E-state index contributed by atoms with van der Waals surface area (Å²) in [5.41, 5.74) is 4.61. The molecule has 49 heavy (non-hydrogen) atoms. The Morgan fingerprint density at radius 3 is 2.43 bits per heavy atom. The Hall–Kier alpha value is -5.43. The van der Waals surface area contributed by atoms with Gasteiger partial charge >= 0.3 is 11.7 Å². The zero-order valence-electron chi connectivity index (χ0n) is 27.1. The number of amides is 1. The van der Waals surface area contributed by atoms with E-state index in [1.54, 1.807) is 26.8 Å². The van der Waals surface area contributed by atoms with Gasteiger partial charge in [0, 0.05) is 30.2 Å². The fraction of sp³-hybridized carbons (Fsp3) is 0.270. The molecule has 1 aliphatic heterocycles. The van der Waals surface area contributed by atoms with Crippen molar-refractivity contribution in [3.05, 3.63) is 99.9 Å². The summed E-state index contributed by atoms with van der Waals surface area (Å²) in [7, 11) is 1.37. The molecular formula is C37H35NO11. The van der Waals surface area contributed by atoms with Crippen LogP contribution in [-0.4, -0.2) is 64.5 Å². The van der Waals surface area contributed by atoms with E-state index in [-0.39, 0.29) is 39.2 Å². The number of nitrogens with two attached hydrogens (primary N) is 1. The molecular weight excluding hydrogens is 634 g/mol. The van der Waals surface area contributed by atoms with Crippen LogP contribution in [-0.2, 0) is 20.6 Å². The molecule has 5 aromatic rings. The summed E-state index contributed by atoms with van der Waals surface area (Å²) in [5.74, 6) is -0.792. The number of primary amides is 1. The number of ketones is 1. The fourth-order valence-electron chi connectivity index (χ4n) is 6.32. The predicted molar refractivity (Wildman–Crippen MR) is 179 cm³/mol. The van der Waals surface area contributed by atoms with Gasteiger partial charge in [0.2, 0.25) is 6.29 Å². The van der Waals surface area contributed by atoms with E-state index in [4.69, 9.17) is 29.1 Å². The van der Waals surface area contributed by atoms with Gasteiger partial charge in [0.1, 0.15) is 28.9 Å². The Bertz CT molecular complexity index is 2150. The first kappa shape index (κ1) is 33.5. The van der Waals surface area contributed by atoms with Gasteiger partial charge in [0.25, 0.3) is 0 Å². The summed E-state index contributed by atoms with van der Waals surface area (Å²) in [4.78, 5) is 38.2. The Morgan fingerprint density at radius 1 is 0.980 bits per heavy atom. The number of ether oxygens (including phenoxy) is 4. The average molecular weight is 670 g/mol. The number of aryl methyl sites for hydroxylation is 1. The summed E-state index contributed by atoms with van der Waals surface area (Å²) in [6.07, 6.45) is -6.57. The molecule has 4 atom stereocenters. The van der Waals surface area contributed by atoms with Gasteiger partial charge < -0.3 is 44.4 Å². The number of methoxy groups -OCH3 is 1. The first-order chi connectivity index (χ1) is 23.3. The molecule has 0 spiro atoms. The molecule has 254 valence electrons. The summed E-state index contributed by atoms with van der Waals surface area (Å²) in [5, 5.41) is 35.0. The number of phenolic OH excluding ortho intramolecular Hbond substituents is 1. The van der Waals surface area contributed by atoms with Crippen molar-refractivity contribution in [3.63, 3.8) is 0 Å². The molecule has 12 heteroatoms. The van der Waals surface area contributed by atoms with Crippen LogP contribution in [0.4, 0.5) is 4.79 Å². The molecule has 5 N–H and O–H groups in total. The van der Waals surface area contributed by atoms with Crippen LogP contribution < -0.4 is 16.1 Å². The number of carbonyl (C=O) groups is 2. The van der Waals surface area contributed by atoms with Gasteiger partial charge in [-0.2, -0.15) is 0 Å². The van der Waals surface area contributed by atoms with E-state index < -0.39 is 59.9 Å². The van der Waals surface area contributed by atoms with Crippen LogP contribution in [0.3, 0.4) is 0 Å². The highest BCUT2D eigenvalue weighted by Gasteiger charge is 2.53. The van der Waals surface area contributed by atoms with Gasteiger partial charge in [-0.3, -0.25) is 4.79 Å². The molecule has 0 saturated carbocycles. The Kier molecular flexibility index (Phi) is 8.80. The van der Waals surface area contributed by atoms with Crippen molar-refractivity contribution in [2.45, 2.75) is 57.4 Å². The van der Waals surface area contributed by atoms with E-state index in [1.807, 2.05) is 42.5 Å². The molecule has 2 heterocycles. The van der Waals surface area contributed by atoms with Crippen molar-refractivity contribution >= 4 is 33.6 Å². The van der Waals surface area contributed by atoms with E-state index in [0.29, 0.717) is 11.1 Å². The number of fused-ring (bicyclic) bond motifs is 2. The Balaban J connectivity index is 1.27. The van der Waals surface area contributed by atoms with E-state index >= 15 is 0 Å². The third-order valence-electron chi connectivity index (χ3n) is 8.82. The molecule has 1 amide bonds. The van der Waals surface area contributed by atoms with E-state index in [9.17, 15) is 29.7 Å². The van der Waals surface area contributed by atoms with Gasteiger partial charge in [-0.25, -0.2) is 9.59 Å². The maximum Gasteiger partial charge on any atom is 0.404 e. The SMILES string of the molecule is CO[C@@H]1[C@@H](OC(N)=O)[C@@H](O)[C@H](Oc2ccc3c(O)c(CC(=O)c4ccc(O)c(-c5ccc6ccccc6c5)c4)c(=O)oc3c2C)OC1(C)C. The van der Waals surface area contributed by atoms with E-state index in [1.165, 1.54) is 31.4 Å². The number of aromatic hydroxyl groups is 2. The minimum Gasteiger partial charge on any atom is -0.507 e. The number of Topliss-reactive ketones (excluding diaryl/α,β-unsaturated/α-hetero) is 1. The van der Waals surface area contributed by atoms with Gasteiger partial charge in [-0.15, -0.1) is 0 Å². The molecule has 4 aromatic carbocycles. The fourth-order valence-corrected chi connectivity index (χ4v) is 6.32. The number of aliphatic hydroxyl groups is 1. The minimum absolute atomic E-state index is 0.0105. The van der Waals surface area contributed by atoms with Crippen LogP contribution in [0.5, 0.6) is 17.2 Å². The predicted octanol–water partition coefficient (Wildman–Crippen LogP) is 5.11. The smallest absolute Gasteiger partial charge is 0.404 e. The van der Waals surface area contributed by atoms with Crippen molar-refractivity contribution in [3.8, 4) is 28.4 Å². The molecule has 0 bridgehead atoms. The number of carbonyl (C=O) groups excluding carboxylic acids is 2. The third-order valence-corrected chi connectivity index (χ3v) is 8.82. The zero-order valence-corrected chi connectivity index (χ0v) is 27.1. The van der Waals surface area contributed by atoms with Gasteiger partial charge in [-0.05, 0) is 73.5 Å². The van der Waals surface area contributed by atoms with Crippen LogP contribution in [0, 0.1) is 6.92 Å². The van der Waals surface area contributed by atoms with Crippen molar-refractivity contribution in [2.75, 3.05) is 7.11 Å². The molecule has 1 fully saturated rings. The van der Waals surface area contributed by atoms with Crippen LogP contribution in [0.15, 0.2) is 82.0 Å². The van der Waals surface area contributed by atoms with Crippen molar-refractivity contribution in [2.24, 2.45) is 5.73 Å². The lowest BCUT2D eigenvalue weighted by Crippen LogP contribution is -2.65. The highest BCUT2D eigenvalue weighted by Crippen LogP contribution is 2.38. The van der Waals surface area contributed by atoms with Crippen molar-refractivity contribution in [1.82, 2.24) is 0 Å². The molecule has 1 saturated heterocycles. The van der Waals surface area contributed by atoms with Crippen molar-refractivity contribution < 1.29 is 48.3 Å². The summed E-state index contributed by atoms with van der Waals surface area (Å²) in [6.45, 7) is 4.90. The summed E-state index contributed by atoms with van der Waals surface area (Å²) >= 11 is 0. The molecule has 12 nitrogen and oxygen atoms in total. The van der Waals surface area contributed by atoms with Crippen LogP contribution in [0.25, 0.3) is 32.9 Å². The number of benzene rings is 4. The number of phenols is 1. The molecule has 0 aliphatic carbocycles. The second-order valence-corrected chi connectivity index (χ2v) is 12.4. The maximum atomic E-state index is 13.4. The minimum atomic E-state index is -1.52. The summed E-state index contributed by atoms with van der Waals surface area (Å²) in [6, 6.07) is 20.8. The van der Waals surface area contributed by atoms with E-state index in [0.717, 1.165) is 10.8 Å². The van der Waals surface area contributed by atoms with Gasteiger partial charge in [0.15, 0.2) is 18.0 Å². The standard InChI is InChI=1S/C37H35NO11/c1-18-28(46-35-30(42)32(48-36(38)44)33(45-4)37(2,3)49-35)14-12-23-29(41)25(34(43)47-31(18)23)17-27(40)22-11-13-26(39)24(16-22)21-10-9-19-7-5-6-8-20(19)15-21/h5-16,30,32-33,35,39,41-42H,17H2,1-4H3,(H2,38,44)/t30-,32+,33-,35-/m1/s1. The number of aliphatic hydroxyl groups excluding tert-OH is 1. The zero-order chi connectivity index (χ0) is 35.2. The van der Waals surface area contributed by atoms with Gasteiger partial charge in [0.05, 0.1) is 16.6 Å². The van der Waals surface area contributed by atoms with Gasteiger partial charge in [-0.1, -0.05) is 36.4 Å². The lowest BCUT2D eigenvalue weighted by molar-refractivity contribution is -0.304. The Morgan fingerprint density at radius 2 is 1.71 bits per heavy atom. The average Bonchev–Trinajstić information content (AvgIpc) is 3.06. The van der Waals surface area contributed by atoms with Crippen molar-refractivity contribution in [1.29, 1.82) is 0 Å². The highest BCUT2D eigenvalue weighted by atomic mass is 16.7. The first-order valence-electron chi connectivity index (χ1n) is 15.4. The molecule has 1 aromatic heterocycles. The third kappa shape index (κ3) is 6.29. The largest absolute Gasteiger partial charge is 0.507 e. The lowest BCUT2D eigenvalue weighted by Gasteiger charge is -2.47. The first-order valence-corrected chi connectivity index (χ1v) is 15.4. The normalized spacial score (nSPS) is 20.3. The monoisotopic (exact) mass is 669 g/mol. The maximum absolute atomic E-state index is 13.4. The molecule has 1 aliphatic rings. The molecule has 6 rings (SSSR count). The molecule has 0 unspecified atom stereocenters. The van der Waals surface area contributed by atoms with Crippen LogP contribution in [0.2, 0.25) is 0 Å². The molecule has 0 radical (unpaired) electrons. The van der Waals surface area contributed by atoms with E-state index in [2.05, 4.69) is 0 Å². The second kappa shape index (κ2) is 12.9. The number of hydrogen-bond donors (Lipinski definition) is 4. The quantitative estimate of drug-likeness (QED) is 0.127. The van der Waals surface area contributed by atoms with Crippen LogP contribution >= 0.6 is 0 Å². The number of hydrogen-bond acceptors (Lipinski definition) is 11. The number of rotatable bonds is 8. The Labute approximate surface area is 280 Å². The lowest BCUT2D eigenvalue weighted by atomic mass is 9.89. The highest BCUT2D eigenvalue weighted by molar-refractivity contribution is 6.00. The second-order valence-electron chi connectivity index (χ2n) is 12.4. The summed E-state index contributed by atoms with van der Waals surface area (Å²) < 4.78 is 28.1. The topological polar surface area (TPSA) is 188 Å². The van der Waals surface area contributed by atoms with Crippen LogP contribution in [0.1, 0.15) is 35.3 Å².